The van der Waals surface area contributed by atoms with Crippen LogP contribution in [0, 0.1) is 0 Å². The number of likely N-dealkylation sites (tertiary alicyclic amines) is 1. The van der Waals surface area contributed by atoms with Gasteiger partial charge < -0.3 is 19.4 Å². The average molecular weight is 373 g/mol. The Morgan fingerprint density at radius 2 is 1.89 bits per heavy atom. The van der Waals surface area contributed by atoms with Crippen molar-refractivity contribution in [3.8, 4) is 0 Å². The van der Waals surface area contributed by atoms with Crippen LogP contribution in [-0.2, 0) is 16.0 Å². The smallest absolute Gasteiger partial charge is 0.410 e. The molecule has 148 valence electrons. The van der Waals surface area contributed by atoms with Crippen LogP contribution < -0.4 is 0 Å². The van der Waals surface area contributed by atoms with E-state index in [0.29, 0.717) is 32.6 Å². The molecule has 3 rings (SSSR count). The zero-order valence-electron chi connectivity index (χ0n) is 16.5. The van der Waals surface area contributed by atoms with E-state index in [1.54, 1.807) is 0 Å². The largest absolute Gasteiger partial charge is 0.441 e. The quantitative estimate of drug-likeness (QED) is 0.736. The number of rotatable bonds is 7. The molecule has 6 heteroatoms. The highest BCUT2D eigenvalue weighted by Gasteiger charge is 2.47. The molecule has 1 spiro atoms. The minimum Gasteiger partial charge on any atom is -0.441 e. The standard InChI is InChI=1S/C21H31N3O3/c1-3-19(25)23-13-10-21(11-14-23)17-24(20(26)27-21)16-15-22(2)12-9-18-7-5-4-6-8-18/h4-8H,3,9-17H2,1-2H3. The van der Waals surface area contributed by atoms with E-state index in [9.17, 15) is 9.59 Å². The molecule has 0 atom stereocenters. The van der Waals surface area contributed by atoms with Crippen LogP contribution in [0.5, 0.6) is 0 Å². The summed E-state index contributed by atoms with van der Waals surface area (Å²) in [5.74, 6) is 0.186. The Bertz CT molecular complexity index is 641. The molecule has 0 radical (unpaired) electrons. The van der Waals surface area contributed by atoms with Gasteiger partial charge in [0.05, 0.1) is 6.54 Å². The van der Waals surface area contributed by atoms with Crippen molar-refractivity contribution < 1.29 is 14.3 Å². The first-order valence-corrected chi connectivity index (χ1v) is 9.99. The van der Waals surface area contributed by atoms with Crippen molar-refractivity contribution in [2.45, 2.75) is 38.2 Å². The number of piperidine rings is 1. The fourth-order valence-electron chi connectivity index (χ4n) is 3.88. The first-order chi connectivity index (χ1) is 13.0. The third-order valence-electron chi connectivity index (χ3n) is 5.75. The maximum absolute atomic E-state index is 12.3. The maximum Gasteiger partial charge on any atom is 0.410 e. The summed E-state index contributed by atoms with van der Waals surface area (Å²) in [6, 6.07) is 10.4. The van der Waals surface area contributed by atoms with E-state index in [2.05, 4.69) is 36.2 Å². The van der Waals surface area contributed by atoms with Gasteiger partial charge >= 0.3 is 6.09 Å². The summed E-state index contributed by atoms with van der Waals surface area (Å²) in [6.07, 6.45) is 2.82. The van der Waals surface area contributed by atoms with E-state index in [-0.39, 0.29) is 12.0 Å². The van der Waals surface area contributed by atoms with Gasteiger partial charge in [-0.05, 0) is 19.0 Å². The van der Waals surface area contributed by atoms with E-state index in [0.717, 1.165) is 32.4 Å². The summed E-state index contributed by atoms with van der Waals surface area (Å²) in [4.78, 5) is 30.1. The highest BCUT2D eigenvalue weighted by atomic mass is 16.6. The van der Waals surface area contributed by atoms with E-state index in [1.807, 2.05) is 22.8 Å². The van der Waals surface area contributed by atoms with Gasteiger partial charge in [0.1, 0.15) is 5.60 Å². The lowest BCUT2D eigenvalue weighted by atomic mass is 9.91. The second-order valence-electron chi connectivity index (χ2n) is 7.75. The minimum absolute atomic E-state index is 0.186. The molecule has 2 amide bonds. The van der Waals surface area contributed by atoms with E-state index < -0.39 is 5.60 Å². The number of ether oxygens (including phenoxy) is 1. The topological polar surface area (TPSA) is 53.1 Å². The number of carbonyl (C=O) groups is 2. The van der Waals surface area contributed by atoms with Crippen molar-refractivity contribution in [2.24, 2.45) is 0 Å². The molecule has 0 unspecified atom stereocenters. The van der Waals surface area contributed by atoms with Crippen LogP contribution in [0.1, 0.15) is 31.7 Å². The highest BCUT2D eigenvalue weighted by Crippen LogP contribution is 2.33. The zero-order chi connectivity index (χ0) is 19.3. The number of carbonyl (C=O) groups excluding carboxylic acids is 2. The van der Waals surface area contributed by atoms with Gasteiger partial charge in [-0.2, -0.15) is 0 Å². The van der Waals surface area contributed by atoms with Crippen LogP contribution in [0.15, 0.2) is 30.3 Å². The fraction of sp³-hybridized carbons (Fsp3) is 0.619. The summed E-state index contributed by atoms with van der Waals surface area (Å²) < 4.78 is 5.76. The van der Waals surface area contributed by atoms with Crippen LogP contribution in [0.2, 0.25) is 0 Å². The zero-order valence-corrected chi connectivity index (χ0v) is 16.5. The number of likely N-dealkylation sites (N-methyl/N-ethyl adjacent to an activating group) is 1. The Labute approximate surface area is 162 Å². The van der Waals surface area contributed by atoms with Crippen molar-refractivity contribution in [3.63, 3.8) is 0 Å². The molecule has 27 heavy (non-hydrogen) atoms. The number of amides is 2. The van der Waals surface area contributed by atoms with Crippen LogP contribution in [0.3, 0.4) is 0 Å². The number of nitrogens with zero attached hydrogens (tertiary/aromatic N) is 3. The second-order valence-corrected chi connectivity index (χ2v) is 7.75. The maximum atomic E-state index is 12.3. The van der Waals surface area contributed by atoms with Gasteiger partial charge in [0.2, 0.25) is 5.91 Å². The van der Waals surface area contributed by atoms with E-state index in [4.69, 9.17) is 4.74 Å². The molecule has 2 fully saturated rings. The first kappa shape index (κ1) is 19.7. The highest BCUT2D eigenvalue weighted by molar-refractivity contribution is 5.76. The van der Waals surface area contributed by atoms with Gasteiger partial charge in [0.25, 0.3) is 0 Å². The molecule has 2 saturated heterocycles. The summed E-state index contributed by atoms with van der Waals surface area (Å²) >= 11 is 0. The Kier molecular flexibility index (Phi) is 6.37. The molecule has 0 aliphatic carbocycles. The Morgan fingerprint density at radius 3 is 2.56 bits per heavy atom. The van der Waals surface area contributed by atoms with E-state index in [1.165, 1.54) is 5.56 Å². The third kappa shape index (κ3) is 5.01. The average Bonchev–Trinajstić information content (AvgIpc) is 3.00. The molecule has 1 aromatic carbocycles. The van der Waals surface area contributed by atoms with Crippen molar-refractivity contribution in [1.29, 1.82) is 0 Å². The van der Waals surface area contributed by atoms with Crippen LogP contribution in [0.25, 0.3) is 0 Å². The fourth-order valence-corrected chi connectivity index (χ4v) is 3.88. The lowest BCUT2D eigenvalue weighted by Crippen LogP contribution is -2.48. The number of hydrogen-bond acceptors (Lipinski definition) is 4. The van der Waals surface area contributed by atoms with Gasteiger partial charge in [-0.15, -0.1) is 0 Å². The van der Waals surface area contributed by atoms with Gasteiger partial charge in [-0.25, -0.2) is 4.79 Å². The molecule has 2 heterocycles. The molecule has 0 saturated carbocycles. The predicted octanol–water partition coefficient (Wildman–Crippen LogP) is 2.38. The molecule has 6 nitrogen and oxygen atoms in total. The van der Waals surface area contributed by atoms with Crippen LogP contribution in [0.4, 0.5) is 4.79 Å². The molecule has 1 aromatic rings. The molecule has 0 aromatic heterocycles. The lowest BCUT2D eigenvalue weighted by molar-refractivity contribution is -0.134. The Hall–Kier alpha value is -2.08. The van der Waals surface area contributed by atoms with Crippen molar-refractivity contribution in [2.75, 3.05) is 46.3 Å². The molecule has 2 aliphatic rings. The molecule has 0 bridgehead atoms. The van der Waals surface area contributed by atoms with Crippen LogP contribution in [-0.4, -0.2) is 78.6 Å². The first-order valence-electron chi connectivity index (χ1n) is 9.99. The number of benzene rings is 1. The molecular formula is C21H31N3O3. The number of hydrogen-bond donors (Lipinski definition) is 0. The summed E-state index contributed by atoms with van der Waals surface area (Å²) in [5.41, 5.74) is 0.932. The summed E-state index contributed by atoms with van der Waals surface area (Å²) in [7, 11) is 2.09. The van der Waals surface area contributed by atoms with Gasteiger partial charge in [0.15, 0.2) is 0 Å². The lowest BCUT2D eigenvalue weighted by Gasteiger charge is -2.37. The molecular weight excluding hydrogens is 342 g/mol. The Balaban J connectivity index is 1.42. The third-order valence-corrected chi connectivity index (χ3v) is 5.75. The molecule has 0 N–H and O–H groups in total. The van der Waals surface area contributed by atoms with E-state index >= 15 is 0 Å². The summed E-state index contributed by atoms with van der Waals surface area (Å²) in [5, 5.41) is 0. The monoisotopic (exact) mass is 373 g/mol. The SMILES string of the molecule is CCC(=O)N1CCC2(CC1)CN(CCN(C)CCc1ccccc1)C(=O)O2. The second kappa shape index (κ2) is 8.74. The van der Waals surface area contributed by atoms with Crippen molar-refractivity contribution in [3.05, 3.63) is 35.9 Å². The minimum atomic E-state index is -0.399. The summed E-state index contributed by atoms with van der Waals surface area (Å²) in [6.45, 7) is 6.38. The van der Waals surface area contributed by atoms with Crippen LogP contribution >= 0.6 is 0 Å². The van der Waals surface area contributed by atoms with Gasteiger partial charge in [-0.3, -0.25) is 4.79 Å². The van der Waals surface area contributed by atoms with Gasteiger partial charge in [0, 0.05) is 52.0 Å². The normalized spacial score (nSPS) is 19.0. The van der Waals surface area contributed by atoms with Crippen molar-refractivity contribution >= 4 is 12.0 Å². The van der Waals surface area contributed by atoms with Crippen molar-refractivity contribution in [1.82, 2.24) is 14.7 Å². The molecule has 2 aliphatic heterocycles. The van der Waals surface area contributed by atoms with Gasteiger partial charge in [-0.1, -0.05) is 37.3 Å². The predicted molar refractivity (Wildman–Crippen MR) is 105 cm³/mol. The Morgan fingerprint density at radius 1 is 1.19 bits per heavy atom.